The monoisotopic (exact) mass is 499 g/mol. The van der Waals surface area contributed by atoms with Crippen molar-refractivity contribution in [2.75, 3.05) is 0 Å². The first-order valence-electron chi connectivity index (χ1n) is 13.0. The third kappa shape index (κ3) is 3.57. The maximum atomic E-state index is 6.07. The van der Waals surface area contributed by atoms with E-state index in [0.29, 0.717) is 11.7 Å². The minimum absolute atomic E-state index is 0.610. The van der Waals surface area contributed by atoms with Gasteiger partial charge in [-0.2, -0.15) is 0 Å². The fraction of sp³-hybridized carbons (Fsp3) is 0. The molecule has 0 aliphatic heterocycles. The molecular formula is C35H21N3O. The van der Waals surface area contributed by atoms with Crippen LogP contribution in [-0.2, 0) is 0 Å². The van der Waals surface area contributed by atoms with E-state index in [1.54, 1.807) is 0 Å². The molecule has 4 heteroatoms. The molecule has 2 heterocycles. The van der Waals surface area contributed by atoms with Crippen molar-refractivity contribution in [2.45, 2.75) is 0 Å². The molecule has 8 rings (SSSR count). The lowest BCUT2D eigenvalue weighted by atomic mass is 9.96. The average Bonchev–Trinajstić information content (AvgIpc) is 3.44. The maximum absolute atomic E-state index is 6.07. The van der Waals surface area contributed by atoms with Gasteiger partial charge in [-0.15, -0.1) is 0 Å². The van der Waals surface area contributed by atoms with Crippen molar-refractivity contribution in [1.29, 1.82) is 0 Å². The zero-order chi connectivity index (χ0) is 25.8. The quantitative estimate of drug-likeness (QED) is 0.228. The van der Waals surface area contributed by atoms with Crippen LogP contribution in [0, 0.1) is 0 Å². The lowest BCUT2D eigenvalue weighted by molar-refractivity contribution is 0.620. The van der Waals surface area contributed by atoms with Crippen LogP contribution in [-0.4, -0.2) is 15.0 Å². The number of aromatic nitrogens is 3. The number of para-hydroxylation sites is 1. The van der Waals surface area contributed by atoms with Crippen molar-refractivity contribution < 1.29 is 4.42 Å². The molecule has 0 N–H and O–H groups in total. The second-order valence-electron chi connectivity index (χ2n) is 9.67. The van der Waals surface area contributed by atoms with E-state index in [9.17, 15) is 0 Å². The van der Waals surface area contributed by atoms with Crippen LogP contribution in [0.3, 0.4) is 0 Å². The second kappa shape index (κ2) is 8.61. The first-order valence-corrected chi connectivity index (χ1v) is 13.0. The predicted octanol–water partition coefficient (Wildman–Crippen LogP) is 9.08. The summed E-state index contributed by atoms with van der Waals surface area (Å²) >= 11 is 0. The summed E-state index contributed by atoms with van der Waals surface area (Å²) in [6.45, 7) is 0. The highest BCUT2D eigenvalue weighted by Gasteiger charge is 2.16. The Morgan fingerprint density at radius 2 is 1.18 bits per heavy atom. The van der Waals surface area contributed by atoms with Crippen LogP contribution in [0.2, 0.25) is 0 Å². The SMILES string of the molecule is c1ccc(-c2nc3cc(-c4nc(-c5cc6ccccc6c6ccccc56)nc5ccccc45)ccc3o2)cc1. The topological polar surface area (TPSA) is 51.8 Å². The molecule has 6 aromatic carbocycles. The molecule has 4 nitrogen and oxygen atoms in total. The van der Waals surface area contributed by atoms with Crippen LogP contribution in [0.25, 0.3) is 77.6 Å². The predicted molar refractivity (Wildman–Crippen MR) is 158 cm³/mol. The summed E-state index contributed by atoms with van der Waals surface area (Å²) in [4.78, 5) is 15.0. The van der Waals surface area contributed by atoms with Crippen LogP contribution >= 0.6 is 0 Å². The molecule has 39 heavy (non-hydrogen) atoms. The summed E-state index contributed by atoms with van der Waals surface area (Å²) in [7, 11) is 0. The molecule has 0 unspecified atom stereocenters. The van der Waals surface area contributed by atoms with Crippen molar-refractivity contribution in [1.82, 2.24) is 15.0 Å². The number of nitrogens with zero attached hydrogens (tertiary/aromatic N) is 3. The normalized spacial score (nSPS) is 11.6. The summed E-state index contributed by atoms with van der Waals surface area (Å²) in [5.74, 6) is 1.31. The molecule has 2 aromatic heterocycles. The number of hydrogen-bond acceptors (Lipinski definition) is 4. The smallest absolute Gasteiger partial charge is 0.227 e. The molecule has 0 aliphatic carbocycles. The summed E-state index contributed by atoms with van der Waals surface area (Å²) in [6.07, 6.45) is 0. The first kappa shape index (κ1) is 21.7. The molecule has 0 spiro atoms. The van der Waals surface area contributed by atoms with Crippen molar-refractivity contribution in [2.24, 2.45) is 0 Å². The van der Waals surface area contributed by atoms with Gasteiger partial charge in [0, 0.05) is 22.1 Å². The molecule has 182 valence electrons. The van der Waals surface area contributed by atoms with Crippen molar-refractivity contribution in [3.8, 4) is 34.1 Å². The summed E-state index contributed by atoms with van der Waals surface area (Å²) < 4.78 is 6.07. The lowest BCUT2D eigenvalue weighted by Gasteiger charge is -2.13. The van der Waals surface area contributed by atoms with E-state index in [0.717, 1.165) is 49.8 Å². The number of rotatable bonds is 3. The molecule has 0 amide bonds. The van der Waals surface area contributed by atoms with Crippen LogP contribution in [0.1, 0.15) is 0 Å². The Bertz CT molecular complexity index is 2180. The fourth-order valence-electron chi connectivity index (χ4n) is 5.44. The van der Waals surface area contributed by atoms with Gasteiger partial charge in [0.05, 0.1) is 11.2 Å². The molecule has 0 atom stereocenters. The van der Waals surface area contributed by atoms with E-state index in [2.05, 4.69) is 78.9 Å². The zero-order valence-electron chi connectivity index (χ0n) is 20.9. The van der Waals surface area contributed by atoms with Gasteiger partial charge in [-0.25, -0.2) is 15.0 Å². The van der Waals surface area contributed by atoms with Crippen LogP contribution in [0.5, 0.6) is 0 Å². The van der Waals surface area contributed by atoms with Gasteiger partial charge in [0.2, 0.25) is 5.89 Å². The van der Waals surface area contributed by atoms with E-state index in [1.807, 2.05) is 48.5 Å². The van der Waals surface area contributed by atoms with Gasteiger partial charge in [0.25, 0.3) is 0 Å². The largest absolute Gasteiger partial charge is 0.436 e. The van der Waals surface area contributed by atoms with E-state index < -0.39 is 0 Å². The molecule has 0 bridgehead atoms. The number of oxazole rings is 1. The molecule has 0 radical (unpaired) electrons. The highest BCUT2D eigenvalue weighted by atomic mass is 16.3. The molecule has 8 aromatic rings. The minimum atomic E-state index is 0.610. The Hall–Kier alpha value is -5.35. The number of hydrogen-bond donors (Lipinski definition) is 0. The van der Waals surface area contributed by atoms with Gasteiger partial charge in [0.1, 0.15) is 5.52 Å². The third-order valence-corrected chi connectivity index (χ3v) is 7.29. The minimum Gasteiger partial charge on any atom is -0.436 e. The summed E-state index contributed by atoms with van der Waals surface area (Å²) in [6, 6.07) is 43.4. The van der Waals surface area contributed by atoms with Crippen LogP contribution in [0.4, 0.5) is 0 Å². The highest BCUT2D eigenvalue weighted by molar-refractivity contribution is 6.13. The van der Waals surface area contributed by atoms with Gasteiger partial charge in [-0.3, -0.25) is 0 Å². The number of fused-ring (bicyclic) bond motifs is 5. The van der Waals surface area contributed by atoms with Gasteiger partial charge in [-0.1, -0.05) is 84.9 Å². The van der Waals surface area contributed by atoms with Gasteiger partial charge >= 0.3 is 0 Å². The fourth-order valence-corrected chi connectivity index (χ4v) is 5.44. The summed E-state index contributed by atoms with van der Waals surface area (Å²) in [5.41, 5.74) is 6.26. The first-order chi connectivity index (χ1) is 19.3. The Labute approximate surface area is 224 Å². The Kier molecular flexibility index (Phi) is 4.79. The van der Waals surface area contributed by atoms with Gasteiger partial charge < -0.3 is 4.42 Å². The van der Waals surface area contributed by atoms with Crippen LogP contribution in [0.15, 0.2) is 132 Å². The summed E-state index contributed by atoms with van der Waals surface area (Å²) in [5, 5.41) is 5.72. The van der Waals surface area contributed by atoms with E-state index in [-0.39, 0.29) is 0 Å². The molecular weight excluding hydrogens is 478 g/mol. The molecule has 0 fully saturated rings. The Balaban J connectivity index is 1.36. The zero-order valence-corrected chi connectivity index (χ0v) is 20.9. The van der Waals surface area contributed by atoms with Crippen molar-refractivity contribution in [3.63, 3.8) is 0 Å². The Morgan fingerprint density at radius 3 is 2.05 bits per heavy atom. The third-order valence-electron chi connectivity index (χ3n) is 7.29. The van der Waals surface area contributed by atoms with Crippen molar-refractivity contribution in [3.05, 3.63) is 127 Å². The molecule has 0 saturated heterocycles. The molecule has 0 saturated carbocycles. The van der Waals surface area contributed by atoms with Gasteiger partial charge in [-0.05, 0) is 64.0 Å². The van der Waals surface area contributed by atoms with Gasteiger partial charge in [0.15, 0.2) is 11.4 Å². The Morgan fingerprint density at radius 1 is 0.462 bits per heavy atom. The number of benzene rings is 6. The maximum Gasteiger partial charge on any atom is 0.227 e. The standard InChI is InChI=1S/C35H21N3O/c1-2-10-22(11-3-1)35-37-31-21-24(18-19-32(31)39-35)33-28-16-8-9-17-30(28)36-34(38-33)29-20-23-12-4-5-13-25(23)26-14-6-7-15-27(26)29/h1-21H. The van der Waals surface area contributed by atoms with Crippen LogP contribution < -0.4 is 0 Å². The highest BCUT2D eigenvalue weighted by Crippen LogP contribution is 2.37. The van der Waals surface area contributed by atoms with E-state index >= 15 is 0 Å². The molecule has 0 aliphatic rings. The van der Waals surface area contributed by atoms with E-state index in [4.69, 9.17) is 19.4 Å². The average molecular weight is 500 g/mol. The van der Waals surface area contributed by atoms with E-state index in [1.165, 1.54) is 16.2 Å². The van der Waals surface area contributed by atoms with Crippen molar-refractivity contribution >= 4 is 43.5 Å². The lowest BCUT2D eigenvalue weighted by Crippen LogP contribution is -1.96. The second-order valence-corrected chi connectivity index (χ2v) is 9.67.